The molecule has 2 heterocycles. The zero-order valence-corrected chi connectivity index (χ0v) is 62.3. The highest BCUT2D eigenvalue weighted by atomic mass is 32.1. The number of rotatable bonds is 6. The first kappa shape index (κ1) is 63.2. The van der Waals surface area contributed by atoms with Crippen molar-refractivity contribution in [3.8, 4) is 110 Å². The molecule has 0 amide bonds. The van der Waals surface area contributed by atoms with Crippen molar-refractivity contribution in [3.05, 3.63) is 433 Å². The van der Waals surface area contributed by atoms with Crippen molar-refractivity contribution < 1.29 is 0 Å². The minimum Gasteiger partial charge on any atom is -0.236 e. The minimum absolute atomic E-state index is 0.353. The first-order valence-corrected chi connectivity index (χ1v) is 40.3. The molecule has 0 aliphatic heterocycles. The largest absolute Gasteiger partial charge is 0.236 e. The van der Waals surface area contributed by atoms with Crippen molar-refractivity contribution >= 4 is 97.0 Å². The molecule has 2 aromatic heterocycles. The third kappa shape index (κ3) is 9.13. The van der Waals surface area contributed by atoms with E-state index in [9.17, 15) is 0 Å². The Morgan fingerprint density at radius 3 is 0.964 bits per heavy atom. The van der Waals surface area contributed by atoms with E-state index in [1.54, 1.807) is 22.7 Å². The predicted molar refractivity (Wildman–Crippen MR) is 472 cm³/mol. The number of thiazole rings is 2. The molecule has 0 atom stereocenters. The molecular weight excluding hydrogens is 1390 g/mol. The highest BCUT2D eigenvalue weighted by Gasteiger charge is 2.53. The van der Waals surface area contributed by atoms with Gasteiger partial charge >= 0.3 is 0 Å². The number of nitrogens with zero attached hydrogens (tertiary/aromatic N) is 2. The second-order valence-corrected chi connectivity index (χ2v) is 32.4. The molecule has 0 N–H and O–H groups in total. The summed E-state index contributed by atoms with van der Waals surface area (Å²) in [5.74, 6) is 0. The minimum atomic E-state index is -0.405. The fourth-order valence-electron chi connectivity index (χ4n) is 19.9. The van der Waals surface area contributed by atoms with Crippen LogP contribution in [0.2, 0.25) is 0 Å². The van der Waals surface area contributed by atoms with E-state index in [4.69, 9.17) is 9.97 Å². The zero-order chi connectivity index (χ0) is 73.3. The predicted octanol–water partition coefficient (Wildman–Crippen LogP) is 29.0. The van der Waals surface area contributed by atoms with Crippen LogP contribution in [-0.4, -0.2) is 9.97 Å². The quantitative estimate of drug-likeness (QED) is 0.155. The highest BCUT2D eigenvalue weighted by Crippen LogP contribution is 2.66. The van der Waals surface area contributed by atoms with E-state index in [1.807, 2.05) is 0 Å². The van der Waals surface area contributed by atoms with Crippen LogP contribution in [0.25, 0.3) is 184 Å². The maximum absolute atomic E-state index is 5.09. The van der Waals surface area contributed by atoms with Crippen molar-refractivity contribution in [3.63, 3.8) is 0 Å². The average molecular weight is 1450 g/mol. The summed E-state index contributed by atoms with van der Waals surface area (Å²) < 4.78 is 2.48. The van der Waals surface area contributed by atoms with Crippen LogP contribution in [0.15, 0.2) is 388 Å². The summed E-state index contributed by atoms with van der Waals surface area (Å²) in [5, 5.41) is 14.7. The molecule has 21 aromatic rings. The third-order valence-electron chi connectivity index (χ3n) is 24.8. The van der Waals surface area contributed by atoms with Crippen LogP contribution in [0, 0.1) is 0 Å². The fraction of sp³-hybridized carbons (Fsp3) is 0.0185. The van der Waals surface area contributed by atoms with Crippen molar-refractivity contribution in [2.24, 2.45) is 0 Å². The Labute approximate surface area is 655 Å². The lowest BCUT2D eigenvalue weighted by Crippen LogP contribution is -2.25. The molecule has 4 aliphatic rings. The van der Waals surface area contributed by atoms with Gasteiger partial charge in [0.25, 0.3) is 0 Å². The summed E-state index contributed by atoms with van der Waals surface area (Å²) >= 11 is 3.58. The molecule has 19 aromatic carbocycles. The van der Waals surface area contributed by atoms with Gasteiger partial charge in [-0.05, 0) is 225 Å². The first-order chi connectivity index (χ1) is 55.5. The molecule has 2 spiro atoms. The van der Waals surface area contributed by atoms with Crippen molar-refractivity contribution in [1.29, 1.82) is 0 Å². The SMILES string of the molecule is c1ccc(-c2nc3ccc4ccc5ccc(-c6cccc(-c7ccc8c(c7)C7(c9ccccc9-c9ccccc97)c7ccc9ccccc9c7-8)c6)cc5c4c3s2)cc1.c1ccc(-c2nc3ccc4ccc5ccc(-c6cccc(-c7ccc8c(c7)C7(c9ccccc9-c9ccccc97)c7ccccc7-8)c6)cc5c4c3s2)cc1. The van der Waals surface area contributed by atoms with Gasteiger partial charge in [-0.25, -0.2) is 9.97 Å². The Kier molecular flexibility index (Phi) is 13.8. The van der Waals surface area contributed by atoms with E-state index in [1.165, 1.54) is 197 Å². The Morgan fingerprint density at radius 2 is 0.500 bits per heavy atom. The molecule has 4 heteroatoms. The molecule has 25 rings (SSSR count). The van der Waals surface area contributed by atoms with Crippen LogP contribution in [0.1, 0.15) is 44.5 Å². The lowest BCUT2D eigenvalue weighted by atomic mass is 9.70. The average Bonchev–Trinajstić information content (AvgIpc) is 1.60. The van der Waals surface area contributed by atoms with Gasteiger partial charge in [0.05, 0.1) is 31.3 Å². The molecule has 4 aliphatic carbocycles. The van der Waals surface area contributed by atoms with Crippen LogP contribution >= 0.6 is 22.7 Å². The Balaban J connectivity index is 0.000000131. The van der Waals surface area contributed by atoms with Crippen molar-refractivity contribution in [2.45, 2.75) is 10.8 Å². The van der Waals surface area contributed by atoms with Gasteiger partial charge in [0, 0.05) is 21.9 Å². The Morgan fingerprint density at radius 1 is 0.188 bits per heavy atom. The van der Waals surface area contributed by atoms with Crippen LogP contribution in [-0.2, 0) is 10.8 Å². The Bertz CT molecular complexity index is 7480. The van der Waals surface area contributed by atoms with Gasteiger partial charge < -0.3 is 0 Å². The van der Waals surface area contributed by atoms with Crippen molar-refractivity contribution in [2.75, 3.05) is 0 Å². The summed E-state index contributed by atoms with van der Waals surface area (Å²) in [7, 11) is 0. The summed E-state index contributed by atoms with van der Waals surface area (Å²) in [4.78, 5) is 10.2. The molecule has 518 valence electrons. The molecule has 0 bridgehead atoms. The normalized spacial score (nSPS) is 13.3. The summed E-state index contributed by atoms with van der Waals surface area (Å²) in [6, 6.07) is 144. The summed E-state index contributed by atoms with van der Waals surface area (Å²) in [6.45, 7) is 0. The van der Waals surface area contributed by atoms with Crippen LogP contribution in [0.5, 0.6) is 0 Å². The standard InChI is InChI=1S/C56H33NS.C52H31NS/c1-2-12-37(13-3-1)55-57-51-30-27-36-23-21-35-22-24-40(32-46(35)52(36)54(51)58-55)38-14-10-15-39(31-38)41-25-28-45-50(33-41)56(49-29-26-34-11-4-5-16-42(34)53(45)49)47-19-8-6-17-43(47)44-18-7-9-20-48(44)56;1-2-11-34(12-3-1)51-53-48-28-26-33-23-21-32-22-24-37(30-43(32)49(33)50(48)54-51)35-13-10-14-36(29-35)38-25-27-42-41-17-6-9-20-46(41)52(47(42)31-38)44-18-7-4-15-39(44)40-16-5-8-19-45(40)52/h1-33H;1-31H. The van der Waals surface area contributed by atoms with E-state index < -0.39 is 5.41 Å². The molecule has 0 radical (unpaired) electrons. The first-order valence-electron chi connectivity index (χ1n) is 38.6. The topological polar surface area (TPSA) is 25.8 Å². The molecule has 0 saturated heterocycles. The van der Waals surface area contributed by atoms with Gasteiger partial charge in [-0.2, -0.15) is 0 Å². The molecule has 2 nitrogen and oxygen atoms in total. The molecule has 0 saturated carbocycles. The summed E-state index contributed by atoms with van der Waals surface area (Å²) in [5.41, 5.74) is 35.0. The van der Waals surface area contributed by atoms with E-state index >= 15 is 0 Å². The number of hydrogen-bond acceptors (Lipinski definition) is 4. The van der Waals surface area contributed by atoms with Gasteiger partial charge in [0.15, 0.2) is 0 Å². The van der Waals surface area contributed by atoms with Gasteiger partial charge in [-0.3, -0.25) is 0 Å². The van der Waals surface area contributed by atoms with Crippen LogP contribution in [0.4, 0.5) is 0 Å². The number of fused-ring (bicyclic) bond motifs is 32. The molecular formula is C108H64N2S2. The summed E-state index contributed by atoms with van der Waals surface area (Å²) in [6.07, 6.45) is 0. The van der Waals surface area contributed by atoms with Crippen molar-refractivity contribution in [1.82, 2.24) is 9.97 Å². The fourth-order valence-corrected chi connectivity index (χ4v) is 22.2. The maximum atomic E-state index is 5.09. The van der Waals surface area contributed by atoms with E-state index in [0.29, 0.717) is 0 Å². The van der Waals surface area contributed by atoms with Crippen LogP contribution < -0.4 is 0 Å². The van der Waals surface area contributed by atoms with Crippen LogP contribution in [0.3, 0.4) is 0 Å². The molecule has 112 heavy (non-hydrogen) atoms. The maximum Gasteiger partial charge on any atom is 0.124 e. The number of hydrogen-bond donors (Lipinski definition) is 0. The highest BCUT2D eigenvalue weighted by molar-refractivity contribution is 7.23. The molecule has 0 fully saturated rings. The molecule has 0 unspecified atom stereocenters. The lowest BCUT2D eigenvalue weighted by molar-refractivity contribution is 0.794. The van der Waals surface area contributed by atoms with Gasteiger partial charge in [0.1, 0.15) is 10.0 Å². The second kappa shape index (κ2) is 24.4. The second-order valence-electron chi connectivity index (χ2n) is 30.4. The van der Waals surface area contributed by atoms with E-state index in [0.717, 1.165) is 32.2 Å². The zero-order valence-electron chi connectivity index (χ0n) is 60.7. The number of aromatic nitrogens is 2. The van der Waals surface area contributed by atoms with E-state index in [2.05, 4.69) is 388 Å². The van der Waals surface area contributed by atoms with Gasteiger partial charge in [0.2, 0.25) is 0 Å². The van der Waals surface area contributed by atoms with Gasteiger partial charge in [-0.15, -0.1) is 22.7 Å². The number of benzene rings is 19. The van der Waals surface area contributed by atoms with Gasteiger partial charge in [-0.1, -0.05) is 340 Å². The van der Waals surface area contributed by atoms with E-state index in [-0.39, 0.29) is 5.41 Å². The third-order valence-corrected chi connectivity index (χ3v) is 27.1. The monoisotopic (exact) mass is 1450 g/mol. The lowest BCUT2D eigenvalue weighted by Gasteiger charge is -2.31. The smallest absolute Gasteiger partial charge is 0.124 e. The Hall–Kier alpha value is -13.7.